The lowest BCUT2D eigenvalue weighted by atomic mass is 9.99. The Hall–Kier alpha value is -2.08. The molecule has 0 saturated carbocycles. The first-order valence-corrected chi connectivity index (χ1v) is 6.69. The minimum absolute atomic E-state index is 0.935. The van der Waals surface area contributed by atoms with E-state index in [0.29, 0.717) is 0 Å². The number of allylic oxidation sites excluding steroid dienone is 2. The molecule has 0 saturated heterocycles. The van der Waals surface area contributed by atoms with E-state index in [-0.39, 0.29) is 0 Å². The van der Waals surface area contributed by atoms with Crippen molar-refractivity contribution in [1.29, 1.82) is 0 Å². The van der Waals surface area contributed by atoms with Crippen molar-refractivity contribution < 1.29 is 0 Å². The molecule has 0 nitrogen and oxygen atoms in total. The Morgan fingerprint density at radius 3 is 1.53 bits per heavy atom. The van der Waals surface area contributed by atoms with Gasteiger partial charge in [-0.3, -0.25) is 0 Å². The first-order chi connectivity index (χ1) is 9.31. The summed E-state index contributed by atoms with van der Waals surface area (Å²) in [6, 6.07) is 17.5. The van der Waals surface area contributed by atoms with Crippen molar-refractivity contribution in [3.8, 4) is 0 Å². The van der Waals surface area contributed by atoms with Crippen molar-refractivity contribution in [2.24, 2.45) is 0 Å². The van der Waals surface area contributed by atoms with Crippen molar-refractivity contribution in [3.63, 3.8) is 0 Å². The number of hydrogen-bond donors (Lipinski definition) is 0. The van der Waals surface area contributed by atoms with Crippen LogP contribution in [-0.4, -0.2) is 0 Å². The Bertz CT molecular complexity index is 512. The second kappa shape index (κ2) is 6.75. The summed E-state index contributed by atoms with van der Waals surface area (Å²) in [6.45, 7) is 7.58. The molecule has 0 heteroatoms. The number of rotatable bonds is 6. The molecular formula is C19H20. The Labute approximate surface area is 116 Å². The Kier molecular flexibility index (Phi) is 4.74. The second-order valence-corrected chi connectivity index (χ2v) is 4.80. The van der Waals surface area contributed by atoms with E-state index >= 15 is 0 Å². The largest absolute Gasteiger partial charge is 0.103 e. The topological polar surface area (TPSA) is 0 Å². The maximum absolute atomic E-state index is 3.79. The molecule has 0 heterocycles. The smallest absolute Gasteiger partial charge is 0.00256 e. The van der Waals surface area contributed by atoms with Crippen molar-refractivity contribution in [1.82, 2.24) is 0 Å². The molecule has 0 aromatic heterocycles. The lowest BCUT2D eigenvalue weighted by Crippen LogP contribution is -1.92. The van der Waals surface area contributed by atoms with Crippen LogP contribution in [0.25, 0.3) is 0 Å². The van der Waals surface area contributed by atoms with Crippen molar-refractivity contribution in [2.45, 2.75) is 19.3 Å². The van der Waals surface area contributed by atoms with Crippen LogP contribution in [0.15, 0.2) is 73.8 Å². The van der Waals surface area contributed by atoms with Crippen LogP contribution in [0, 0.1) is 0 Å². The second-order valence-electron chi connectivity index (χ2n) is 4.80. The SMILES string of the molecule is C=CCc1cccc(Cc2cccc(CC=C)c2)c1. The van der Waals surface area contributed by atoms with Gasteiger partial charge in [-0.05, 0) is 41.5 Å². The monoisotopic (exact) mass is 248 g/mol. The fourth-order valence-electron chi connectivity index (χ4n) is 2.30. The van der Waals surface area contributed by atoms with Gasteiger partial charge in [0.2, 0.25) is 0 Å². The first-order valence-electron chi connectivity index (χ1n) is 6.69. The van der Waals surface area contributed by atoms with Gasteiger partial charge in [0.15, 0.2) is 0 Å². The van der Waals surface area contributed by atoms with Gasteiger partial charge in [0, 0.05) is 0 Å². The molecule has 0 N–H and O–H groups in total. The van der Waals surface area contributed by atoms with Crippen LogP contribution in [-0.2, 0) is 19.3 Å². The fourth-order valence-corrected chi connectivity index (χ4v) is 2.30. The van der Waals surface area contributed by atoms with Crippen LogP contribution in [0.4, 0.5) is 0 Å². The summed E-state index contributed by atoms with van der Waals surface area (Å²) >= 11 is 0. The van der Waals surface area contributed by atoms with E-state index in [4.69, 9.17) is 0 Å². The molecule has 19 heavy (non-hydrogen) atoms. The van der Waals surface area contributed by atoms with E-state index in [1.165, 1.54) is 22.3 Å². The molecular weight excluding hydrogens is 228 g/mol. The molecule has 0 aliphatic carbocycles. The van der Waals surface area contributed by atoms with Gasteiger partial charge < -0.3 is 0 Å². The zero-order chi connectivity index (χ0) is 13.5. The van der Waals surface area contributed by atoms with Crippen molar-refractivity contribution in [3.05, 3.63) is 96.1 Å². The van der Waals surface area contributed by atoms with Crippen molar-refractivity contribution in [2.75, 3.05) is 0 Å². The van der Waals surface area contributed by atoms with Gasteiger partial charge in [0.05, 0.1) is 0 Å². The molecule has 0 aliphatic rings. The molecule has 0 amide bonds. The quantitative estimate of drug-likeness (QED) is 0.648. The van der Waals surface area contributed by atoms with Gasteiger partial charge in [-0.25, -0.2) is 0 Å². The summed E-state index contributed by atoms with van der Waals surface area (Å²) < 4.78 is 0. The molecule has 0 radical (unpaired) electrons. The summed E-state index contributed by atoms with van der Waals surface area (Å²) in [6.07, 6.45) is 6.75. The molecule has 2 aromatic carbocycles. The summed E-state index contributed by atoms with van der Waals surface area (Å²) in [5, 5.41) is 0. The minimum atomic E-state index is 0.935. The van der Waals surface area contributed by atoms with Crippen LogP contribution in [0.5, 0.6) is 0 Å². The van der Waals surface area contributed by atoms with Crippen LogP contribution in [0.2, 0.25) is 0 Å². The third-order valence-electron chi connectivity index (χ3n) is 3.15. The van der Waals surface area contributed by atoms with Crippen molar-refractivity contribution >= 4 is 0 Å². The highest BCUT2D eigenvalue weighted by Gasteiger charge is 1.99. The molecule has 0 bridgehead atoms. The van der Waals surface area contributed by atoms with E-state index < -0.39 is 0 Å². The molecule has 0 unspecified atom stereocenters. The summed E-state index contributed by atoms with van der Waals surface area (Å²) in [7, 11) is 0. The minimum Gasteiger partial charge on any atom is -0.103 e. The van der Waals surface area contributed by atoms with Gasteiger partial charge in [0.1, 0.15) is 0 Å². The third kappa shape index (κ3) is 3.96. The van der Waals surface area contributed by atoms with Crippen LogP contribution < -0.4 is 0 Å². The van der Waals surface area contributed by atoms with Gasteiger partial charge in [-0.15, -0.1) is 13.2 Å². The highest BCUT2D eigenvalue weighted by atomic mass is 14.0. The summed E-state index contributed by atoms with van der Waals surface area (Å²) in [5.41, 5.74) is 5.37. The predicted molar refractivity (Wildman–Crippen MR) is 83.5 cm³/mol. The Morgan fingerprint density at radius 2 is 1.11 bits per heavy atom. The number of benzene rings is 2. The lowest BCUT2D eigenvalue weighted by Gasteiger charge is -2.06. The van der Waals surface area contributed by atoms with Gasteiger partial charge in [-0.1, -0.05) is 60.7 Å². The molecule has 0 aliphatic heterocycles. The molecule has 96 valence electrons. The number of hydrogen-bond acceptors (Lipinski definition) is 0. The highest BCUT2D eigenvalue weighted by Crippen LogP contribution is 2.14. The Morgan fingerprint density at radius 1 is 0.684 bits per heavy atom. The summed E-state index contributed by atoms with van der Waals surface area (Å²) in [5.74, 6) is 0. The molecule has 0 spiro atoms. The first kappa shape index (κ1) is 13.4. The Balaban J connectivity index is 2.15. The zero-order valence-electron chi connectivity index (χ0n) is 11.3. The highest BCUT2D eigenvalue weighted by molar-refractivity contribution is 5.32. The molecule has 2 rings (SSSR count). The third-order valence-corrected chi connectivity index (χ3v) is 3.15. The van der Waals surface area contributed by atoms with E-state index in [1.807, 2.05) is 12.2 Å². The van der Waals surface area contributed by atoms with Crippen LogP contribution >= 0.6 is 0 Å². The molecule has 0 fully saturated rings. The fraction of sp³-hybridized carbons (Fsp3) is 0.158. The maximum Gasteiger partial charge on any atom is -0.00256 e. The average molecular weight is 248 g/mol. The zero-order valence-corrected chi connectivity index (χ0v) is 11.3. The van der Waals surface area contributed by atoms with Crippen LogP contribution in [0.3, 0.4) is 0 Å². The van der Waals surface area contributed by atoms with E-state index in [9.17, 15) is 0 Å². The van der Waals surface area contributed by atoms with Gasteiger partial charge in [-0.2, -0.15) is 0 Å². The van der Waals surface area contributed by atoms with E-state index in [0.717, 1.165) is 19.3 Å². The summed E-state index contributed by atoms with van der Waals surface area (Å²) in [4.78, 5) is 0. The maximum atomic E-state index is 3.79. The average Bonchev–Trinajstić information content (AvgIpc) is 2.40. The lowest BCUT2D eigenvalue weighted by molar-refractivity contribution is 1.14. The molecule has 0 atom stereocenters. The predicted octanol–water partition coefficient (Wildman–Crippen LogP) is 4.73. The van der Waals surface area contributed by atoms with E-state index in [1.54, 1.807) is 0 Å². The van der Waals surface area contributed by atoms with Crippen LogP contribution in [0.1, 0.15) is 22.3 Å². The standard InChI is InChI=1S/C19H20/c1-3-7-16-9-5-11-18(13-16)15-19-12-6-10-17(14-19)8-4-2/h3-6,9-14H,1-2,7-8,15H2. The molecule has 2 aromatic rings. The normalized spacial score (nSPS) is 10.1. The van der Waals surface area contributed by atoms with Gasteiger partial charge in [0.25, 0.3) is 0 Å². The van der Waals surface area contributed by atoms with E-state index in [2.05, 4.69) is 61.7 Å². The van der Waals surface area contributed by atoms with Gasteiger partial charge >= 0.3 is 0 Å².